The number of aromatic nitrogens is 1. The van der Waals surface area contributed by atoms with Gasteiger partial charge in [0, 0.05) is 5.33 Å². The summed E-state index contributed by atoms with van der Waals surface area (Å²) in [4.78, 5) is 15.2. The molecule has 0 fully saturated rings. The molecule has 0 spiro atoms. The standard InChI is InChI=1S/C11H9BrF5NO3/c1-2-20-10(19)7-8(21-11(15,16)17)6(9(13)14)3-5(4-12)18-7/h3,9H,2,4H2,1H3. The molecule has 0 atom stereocenters. The van der Waals surface area contributed by atoms with Crippen LogP contribution in [0.4, 0.5) is 22.0 Å². The summed E-state index contributed by atoms with van der Waals surface area (Å²) in [6.07, 6.45) is -8.53. The van der Waals surface area contributed by atoms with Gasteiger partial charge in [-0.3, -0.25) is 0 Å². The number of alkyl halides is 6. The lowest BCUT2D eigenvalue weighted by Crippen LogP contribution is -2.22. The lowest BCUT2D eigenvalue weighted by atomic mass is 10.1. The summed E-state index contributed by atoms with van der Waals surface area (Å²) in [6.45, 7) is 1.25. The molecule has 10 heteroatoms. The van der Waals surface area contributed by atoms with E-state index in [0.29, 0.717) is 0 Å². The third kappa shape index (κ3) is 4.80. The van der Waals surface area contributed by atoms with Gasteiger partial charge in [0.15, 0.2) is 11.4 Å². The third-order valence-corrected chi connectivity index (χ3v) is 2.69. The van der Waals surface area contributed by atoms with Gasteiger partial charge < -0.3 is 9.47 Å². The first-order valence-electron chi connectivity index (χ1n) is 5.50. The van der Waals surface area contributed by atoms with Gasteiger partial charge in [-0.25, -0.2) is 18.6 Å². The molecule has 4 nitrogen and oxygen atoms in total. The summed E-state index contributed by atoms with van der Waals surface area (Å²) in [6, 6.07) is 0.725. The zero-order valence-electron chi connectivity index (χ0n) is 10.5. The molecule has 0 radical (unpaired) electrons. The maximum Gasteiger partial charge on any atom is 0.573 e. The maximum atomic E-state index is 12.9. The Morgan fingerprint density at radius 1 is 1.43 bits per heavy atom. The molecule has 0 N–H and O–H groups in total. The Kier molecular flexibility index (Phi) is 5.87. The van der Waals surface area contributed by atoms with E-state index in [0.717, 1.165) is 6.07 Å². The lowest BCUT2D eigenvalue weighted by molar-refractivity contribution is -0.275. The first kappa shape index (κ1) is 17.6. The molecule has 1 rings (SSSR count). The van der Waals surface area contributed by atoms with E-state index in [9.17, 15) is 26.7 Å². The van der Waals surface area contributed by atoms with Crippen LogP contribution in [0.5, 0.6) is 5.75 Å². The SMILES string of the molecule is CCOC(=O)c1nc(CBr)cc(C(F)F)c1OC(F)(F)F. The van der Waals surface area contributed by atoms with Crippen LogP contribution in [-0.4, -0.2) is 23.9 Å². The molecule has 1 aromatic heterocycles. The largest absolute Gasteiger partial charge is 0.573 e. The van der Waals surface area contributed by atoms with Crippen molar-refractivity contribution in [2.75, 3.05) is 6.61 Å². The van der Waals surface area contributed by atoms with Crippen molar-refractivity contribution < 1.29 is 36.2 Å². The fourth-order valence-corrected chi connectivity index (χ4v) is 1.69. The molecule has 0 saturated carbocycles. The Balaban J connectivity index is 3.48. The highest BCUT2D eigenvalue weighted by molar-refractivity contribution is 9.08. The van der Waals surface area contributed by atoms with Crippen molar-refractivity contribution in [3.8, 4) is 5.75 Å². The Bertz CT molecular complexity index is 521. The monoisotopic (exact) mass is 377 g/mol. The minimum atomic E-state index is -5.25. The first-order chi connectivity index (χ1) is 9.69. The maximum absolute atomic E-state index is 12.9. The van der Waals surface area contributed by atoms with Crippen LogP contribution in [0.15, 0.2) is 6.07 Å². The van der Waals surface area contributed by atoms with Crippen molar-refractivity contribution in [3.05, 3.63) is 23.0 Å². The van der Waals surface area contributed by atoms with Gasteiger partial charge in [0.05, 0.1) is 17.9 Å². The Morgan fingerprint density at radius 3 is 2.48 bits per heavy atom. The van der Waals surface area contributed by atoms with Crippen LogP contribution in [0.1, 0.15) is 35.1 Å². The van der Waals surface area contributed by atoms with Crippen LogP contribution in [0.2, 0.25) is 0 Å². The average Bonchev–Trinajstić information content (AvgIpc) is 2.36. The Hall–Kier alpha value is -1.45. The van der Waals surface area contributed by atoms with Crippen LogP contribution < -0.4 is 4.74 Å². The number of hydrogen-bond acceptors (Lipinski definition) is 4. The van der Waals surface area contributed by atoms with E-state index >= 15 is 0 Å². The van der Waals surface area contributed by atoms with E-state index in [1.807, 2.05) is 0 Å². The van der Waals surface area contributed by atoms with E-state index in [1.165, 1.54) is 6.92 Å². The zero-order valence-corrected chi connectivity index (χ0v) is 12.1. The summed E-state index contributed by atoms with van der Waals surface area (Å²) in [5.41, 5.74) is -2.08. The van der Waals surface area contributed by atoms with Crippen LogP contribution in [0.25, 0.3) is 0 Å². The van der Waals surface area contributed by atoms with Crippen LogP contribution in [-0.2, 0) is 10.1 Å². The second-order valence-electron chi connectivity index (χ2n) is 3.58. The van der Waals surface area contributed by atoms with Gasteiger partial charge in [-0.2, -0.15) is 0 Å². The van der Waals surface area contributed by atoms with E-state index < -0.39 is 35.8 Å². The molecule has 21 heavy (non-hydrogen) atoms. The molecule has 0 aliphatic rings. The summed E-state index contributed by atoms with van der Waals surface area (Å²) >= 11 is 2.93. The van der Waals surface area contributed by atoms with Crippen molar-refractivity contribution in [1.82, 2.24) is 4.98 Å². The topological polar surface area (TPSA) is 48.4 Å². The van der Waals surface area contributed by atoms with E-state index in [4.69, 9.17) is 0 Å². The molecule has 0 saturated heterocycles. The molecule has 0 aliphatic heterocycles. The van der Waals surface area contributed by atoms with Gasteiger partial charge in [-0.15, -0.1) is 13.2 Å². The summed E-state index contributed by atoms with van der Waals surface area (Å²) in [5.74, 6) is -2.62. The number of carbonyl (C=O) groups excluding carboxylic acids is 1. The van der Waals surface area contributed by atoms with E-state index in [2.05, 4.69) is 30.4 Å². The van der Waals surface area contributed by atoms with Crippen LogP contribution in [0, 0.1) is 0 Å². The van der Waals surface area contributed by atoms with Crippen molar-refractivity contribution in [3.63, 3.8) is 0 Å². The highest BCUT2D eigenvalue weighted by Gasteiger charge is 2.37. The molecule has 0 unspecified atom stereocenters. The third-order valence-electron chi connectivity index (χ3n) is 2.11. The molecule has 0 amide bonds. The molecule has 1 heterocycles. The number of rotatable bonds is 5. The number of carbonyl (C=O) groups is 1. The predicted molar refractivity (Wildman–Crippen MR) is 64.5 cm³/mol. The molecule has 0 aliphatic carbocycles. The van der Waals surface area contributed by atoms with Crippen LogP contribution >= 0.6 is 15.9 Å². The molecule has 0 aromatic carbocycles. The number of ether oxygens (including phenoxy) is 2. The normalized spacial score (nSPS) is 11.6. The molecule has 1 aromatic rings. The number of nitrogens with zero attached hydrogens (tertiary/aromatic N) is 1. The predicted octanol–water partition coefficient (Wildman–Crippen LogP) is 3.99. The van der Waals surface area contributed by atoms with Crippen molar-refractivity contribution >= 4 is 21.9 Å². The summed E-state index contributed by atoms with van der Waals surface area (Å²) in [7, 11) is 0. The minimum Gasteiger partial charge on any atom is -0.461 e. The van der Waals surface area contributed by atoms with Gasteiger partial charge in [0.25, 0.3) is 6.43 Å². The zero-order chi connectivity index (χ0) is 16.2. The smallest absolute Gasteiger partial charge is 0.461 e. The molecular formula is C11H9BrF5NO3. The van der Waals surface area contributed by atoms with Crippen molar-refractivity contribution in [2.45, 2.75) is 25.0 Å². The molecular weight excluding hydrogens is 369 g/mol. The van der Waals surface area contributed by atoms with Gasteiger partial charge in [-0.1, -0.05) is 15.9 Å². The summed E-state index contributed by atoms with van der Waals surface area (Å²) < 4.78 is 70.9. The highest BCUT2D eigenvalue weighted by Crippen LogP contribution is 2.36. The number of halogens is 6. The quantitative estimate of drug-likeness (QED) is 0.442. The van der Waals surface area contributed by atoms with E-state index in [-0.39, 0.29) is 17.6 Å². The Morgan fingerprint density at radius 2 is 2.05 bits per heavy atom. The second-order valence-corrected chi connectivity index (χ2v) is 4.14. The number of hydrogen-bond donors (Lipinski definition) is 0. The first-order valence-corrected chi connectivity index (χ1v) is 6.62. The van der Waals surface area contributed by atoms with Crippen molar-refractivity contribution in [1.29, 1.82) is 0 Å². The second kappa shape index (κ2) is 7.01. The molecule has 0 bridgehead atoms. The highest BCUT2D eigenvalue weighted by atomic mass is 79.9. The van der Waals surface area contributed by atoms with Gasteiger partial charge in [0.2, 0.25) is 0 Å². The van der Waals surface area contributed by atoms with Gasteiger partial charge in [-0.05, 0) is 13.0 Å². The van der Waals surface area contributed by atoms with E-state index in [1.54, 1.807) is 0 Å². The average molecular weight is 378 g/mol. The fraction of sp³-hybridized carbons (Fsp3) is 0.455. The fourth-order valence-electron chi connectivity index (χ4n) is 1.40. The molecule has 118 valence electrons. The van der Waals surface area contributed by atoms with Crippen LogP contribution in [0.3, 0.4) is 0 Å². The Labute approximate surface area is 124 Å². The summed E-state index contributed by atoms with van der Waals surface area (Å²) in [5, 5.41) is -0.0363. The van der Waals surface area contributed by atoms with Crippen molar-refractivity contribution in [2.24, 2.45) is 0 Å². The van der Waals surface area contributed by atoms with Gasteiger partial charge in [0.1, 0.15) is 0 Å². The number of pyridine rings is 1. The lowest BCUT2D eigenvalue weighted by Gasteiger charge is -2.16. The minimum absolute atomic E-state index is 0.0363. The van der Waals surface area contributed by atoms with Gasteiger partial charge >= 0.3 is 12.3 Å². The number of esters is 1.